The summed E-state index contributed by atoms with van der Waals surface area (Å²) in [6.45, 7) is 8.89. The van der Waals surface area contributed by atoms with Gasteiger partial charge in [0, 0.05) is 50.1 Å². The van der Waals surface area contributed by atoms with Crippen molar-refractivity contribution >= 4 is 17.6 Å². The second-order valence-electron chi connectivity index (χ2n) is 13.3. The van der Waals surface area contributed by atoms with E-state index in [4.69, 9.17) is 4.74 Å². The number of nitrogens with zero attached hydrogens (tertiary/aromatic N) is 6. The number of piperidine rings is 1. The predicted molar refractivity (Wildman–Crippen MR) is 156 cm³/mol. The summed E-state index contributed by atoms with van der Waals surface area (Å²) in [5, 5.41) is 11.4. The first-order valence-electron chi connectivity index (χ1n) is 15.3. The molecule has 0 bridgehead atoms. The highest BCUT2D eigenvalue weighted by atomic mass is 19.1. The van der Waals surface area contributed by atoms with E-state index < -0.39 is 5.82 Å². The first kappa shape index (κ1) is 28.8. The molecule has 0 atom stereocenters. The molecule has 11 heteroatoms. The molecule has 3 saturated heterocycles. The van der Waals surface area contributed by atoms with Crippen molar-refractivity contribution in [2.45, 2.75) is 76.8 Å². The molecule has 0 radical (unpaired) electrons. The number of ether oxygens (including phenoxy) is 1. The van der Waals surface area contributed by atoms with E-state index >= 15 is 0 Å². The van der Waals surface area contributed by atoms with Crippen LogP contribution in [0, 0.1) is 17.2 Å². The van der Waals surface area contributed by atoms with E-state index in [0.717, 1.165) is 70.7 Å². The van der Waals surface area contributed by atoms with Crippen LogP contribution in [0.1, 0.15) is 75.6 Å². The average molecular weight is 580 g/mol. The van der Waals surface area contributed by atoms with Gasteiger partial charge in [-0.15, -0.1) is 10.2 Å². The van der Waals surface area contributed by atoms with Crippen molar-refractivity contribution in [1.29, 1.82) is 0 Å². The number of benzene rings is 1. The van der Waals surface area contributed by atoms with Crippen LogP contribution in [0.3, 0.4) is 0 Å². The van der Waals surface area contributed by atoms with E-state index in [2.05, 4.69) is 30.3 Å². The molecule has 2 amide bonds. The van der Waals surface area contributed by atoms with Crippen molar-refractivity contribution in [1.82, 2.24) is 30.3 Å². The Bertz CT molecular complexity index is 1310. The third-order valence-electron chi connectivity index (χ3n) is 10.1. The molecular weight excluding hydrogens is 537 g/mol. The Morgan fingerprint density at radius 2 is 1.90 bits per heavy atom. The summed E-state index contributed by atoms with van der Waals surface area (Å²) >= 11 is 0. The van der Waals surface area contributed by atoms with Gasteiger partial charge in [0.15, 0.2) is 5.82 Å². The molecule has 4 aliphatic rings. The van der Waals surface area contributed by atoms with Gasteiger partial charge in [-0.3, -0.25) is 9.59 Å². The van der Waals surface area contributed by atoms with Crippen LogP contribution in [0.15, 0.2) is 24.5 Å². The Balaban J connectivity index is 1.04. The summed E-state index contributed by atoms with van der Waals surface area (Å²) in [7, 11) is 1.68. The second kappa shape index (κ2) is 11.4. The number of hydrogen-bond acceptors (Lipinski definition) is 8. The van der Waals surface area contributed by atoms with Gasteiger partial charge in [-0.2, -0.15) is 0 Å². The minimum atomic E-state index is -0.508. The molecule has 2 spiro atoms. The minimum absolute atomic E-state index is 0.0537. The van der Waals surface area contributed by atoms with Crippen molar-refractivity contribution < 1.29 is 18.7 Å². The van der Waals surface area contributed by atoms with Crippen molar-refractivity contribution in [2.24, 2.45) is 11.3 Å². The Morgan fingerprint density at radius 3 is 2.57 bits per heavy atom. The van der Waals surface area contributed by atoms with Gasteiger partial charge in [0.05, 0.1) is 5.56 Å². The van der Waals surface area contributed by atoms with Gasteiger partial charge in [-0.1, -0.05) is 0 Å². The highest BCUT2D eigenvalue weighted by Gasteiger charge is 2.47. The van der Waals surface area contributed by atoms with Gasteiger partial charge in [0.1, 0.15) is 17.9 Å². The van der Waals surface area contributed by atoms with Crippen LogP contribution in [0.2, 0.25) is 0 Å². The summed E-state index contributed by atoms with van der Waals surface area (Å²) < 4.78 is 20.2. The lowest BCUT2D eigenvalue weighted by atomic mass is 9.71. The summed E-state index contributed by atoms with van der Waals surface area (Å²) in [5.41, 5.74) is 0.475. The lowest BCUT2D eigenvalue weighted by molar-refractivity contribution is -0.120. The number of aromatic nitrogens is 3. The summed E-state index contributed by atoms with van der Waals surface area (Å²) in [4.78, 5) is 35.6. The molecule has 226 valence electrons. The fraction of sp³-hybridized carbons (Fsp3) is 0.645. The van der Waals surface area contributed by atoms with Crippen LogP contribution in [0.5, 0.6) is 11.6 Å². The van der Waals surface area contributed by atoms with Crippen molar-refractivity contribution in [2.75, 3.05) is 44.7 Å². The molecule has 1 aromatic heterocycles. The van der Waals surface area contributed by atoms with Crippen molar-refractivity contribution in [3.8, 4) is 11.6 Å². The monoisotopic (exact) mass is 579 g/mol. The quantitative estimate of drug-likeness (QED) is 0.525. The number of hydrogen-bond donors (Lipinski definition) is 1. The molecule has 0 unspecified atom stereocenters. The Morgan fingerprint density at radius 1 is 1.17 bits per heavy atom. The summed E-state index contributed by atoms with van der Waals surface area (Å²) in [6, 6.07) is 3.87. The molecular formula is C31H42FN7O3. The maximum Gasteiger partial charge on any atom is 0.282 e. The number of rotatable bonds is 7. The van der Waals surface area contributed by atoms with Crippen LogP contribution in [0.4, 0.5) is 10.2 Å². The van der Waals surface area contributed by atoms with Crippen LogP contribution >= 0.6 is 0 Å². The molecule has 1 N–H and O–H groups in total. The fourth-order valence-corrected chi connectivity index (χ4v) is 7.19. The first-order chi connectivity index (χ1) is 20.1. The van der Waals surface area contributed by atoms with Crippen molar-refractivity contribution in [3.63, 3.8) is 0 Å². The average Bonchev–Trinajstić information content (AvgIpc) is 3.33. The van der Waals surface area contributed by atoms with Gasteiger partial charge in [-0.05, 0) is 96.0 Å². The SMILES string of the molecule is CC(C)N(C)C(=O)c1cc(F)ccc1Oc1nncnc1N1CC2(CCN(CC3CCC4(CCC(=O)N4)CC3)CC2)C1. The normalized spacial score (nSPS) is 25.5. The van der Waals surface area contributed by atoms with Crippen LogP contribution in [-0.2, 0) is 4.79 Å². The van der Waals surface area contributed by atoms with E-state index in [1.807, 2.05) is 13.8 Å². The maximum atomic E-state index is 14.1. The van der Waals surface area contributed by atoms with Crippen LogP contribution < -0.4 is 15.0 Å². The lowest BCUT2D eigenvalue weighted by Gasteiger charge is -2.54. The van der Waals surface area contributed by atoms with Gasteiger partial charge in [-0.25, -0.2) is 9.37 Å². The van der Waals surface area contributed by atoms with E-state index in [-0.39, 0.29) is 46.0 Å². The molecule has 3 aliphatic heterocycles. The zero-order chi connectivity index (χ0) is 29.5. The maximum absolute atomic E-state index is 14.1. The molecule has 42 heavy (non-hydrogen) atoms. The zero-order valence-corrected chi connectivity index (χ0v) is 24.9. The van der Waals surface area contributed by atoms with Gasteiger partial charge >= 0.3 is 0 Å². The Labute approximate surface area is 247 Å². The van der Waals surface area contributed by atoms with Crippen LogP contribution in [-0.4, -0.2) is 88.1 Å². The molecule has 6 rings (SSSR count). The van der Waals surface area contributed by atoms with Crippen LogP contribution in [0.25, 0.3) is 0 Å². The largest absolute Gasteiger partial charge is 0.434 e. The number of likely N-dealkylation sites (tertiary alicyclic amines) is 1. The third kappa shape index (κ3) is 5.80. The smallest absolute Gasteiger partial charge is 0.282 e. The van der Waals surface area contributed by atoms with Crippen molar-refractivity contribution in [3.05, 3.63) is 35.9 Å². The number of nitrogens with one attached hydrogen (secondary N) is 1. The number of anilines is 1. The van der Waals surface area contributed by atoms with E-state index in [9.17, 15) is 14.0 Å². The standard InChI is InChI=1S/C31H42FN7O3/c1-21(2)37(3)29(41)24-16-23(32)4-5-25(24)42-28-27(33-20-34-36-28)39-18-30(19-39)12-14-38(15-13-30)17-22-6-9-31(10-7-22)11-8-26(40)35-31/h4-5,16,20-22H,6-15,17-19H2,1-3H3,(H,35,40). The number of carbonyl (C=O) groups is 2. The zero-order valence-electron chi connectivity index (χ0n) is 24.9. The molecule has 4 heterocycles. The fourth-order valence-electron chi connectivity index (χ4n) is 7.19. The molecule has 4 fully saturated rings. The highest BCUT2D eigenvalue weighted by Crippen LogP contribution is 2.45. The Kier molecular flexibility index (Phi) is 7.80. The highest BCUT2D eigenvalue weighted by molar-refractivity contribution is 5.97. The number of amides is 2. The first-order valence-corrected chi connectivity index (χ1v) is 15.3. The second-order valence-corrected chi connectivity index (χ2v) is 13.3. The number of carbonyl (C=O) groups excluding carboxylic acids is 2. The summed E-state index contributed by atoms with van der Waals surface area (Å²) in [5.74, 6) is 1.14. The van der Waals surface area contributed by atoms with Gasteiger partial charge in [0.25, 0.3) is 11.8 Å². The molecule has 1 saturated carbocycles. The molecule has 10 nitrogen and oxygen atoms in total. The topological polar surface area (TPSA) is 104 Å². The van der Waals surface area contributed by atoms with E-state index in [0.29, 0.717) is 12.2 Å². The third-order valence-corrected chi connectivity index (χ3v) is 10.1. The summed E-state index contributed by atoms with van der Waals surface area (Å²) in [6.07, 6.45) is 10.0. The van der Waals surface area contributed by atoms with E-state index in [1.165, 1.54) is 37.4 Å². The lowest BCUT2D eigenvalue weighted by Crippen LogP contribution is -2.61. The number of halogens is 1. The predicted octanol–water partition coefficient (Wildman–Crippen LogP) is 4.02. The Hall–Kier alpha value is -3.34. The molecule has 1 aliphatic carbocycles. The van der Waals surface area contributed by atoms with E-state index in [1.54, 1.807) is 11.9 Å². The molecule has 2 aromatic rings. The molecule has 1 aromatic carbocycles. The van der Waals surface area contributed by atoms with Gasteiger partial charge < -0.3 is 24.8 Å². The van der Waals surface area contributed by atoms with Gasteiger partial charge in [0.2, 0.25) is 5.91 Å². The minimum Gasteiger partial charge on any atom is -0.434 e.